The van der Waals surface area contributed by atoms with Gasteiger partial charge in [-0.05, 0) is 48.9 Å². The number of carbonyl (C=O) groups excluding carboxylic acids is 1. The Kier molecular flexibility index (Phi) is 6.09. The third-order valence-corrected chi connectivity index (χ3v) is 7.57. The van der Waals surface area contributed by atoms with Crippen LogP contribution in [0.25, 0.3) is 0 Å². The van der Waals surface area contributed by atoms with E-state index in [0.717, 1.165) is 11.3 Å². The van der Waals surface area contributed by atoms with Crippen LogP contribution in [-0.2, 0) is 21.4 Å². The molecule has 1 aliphatic rings. The van der Waals surface area contributed by atoms with Crippen LogP contribution in [0.4, 0.5) is 23.0 Å². The number of anilines is 4. The van der Waals surface area contributed by atoms with E-state index in [4.69, 9.17) is 4.98 Å². The largest absolute Gasteiger partial charge is 0.340 e. The molecule has 4 rings (SSSR count). The quantitative estimate of drug-likeness (QED) is 0.600. The average molecular weight is 466 g/mol. The molecule has 0 radical (unpaired) electrons. The number of nitrogens with zero attached hydrogens (tertiary/aromatic N) is 4. The molecule has 0 saturated heterocycles. The fourth-order valence-corrected chi connectivity index (χ4v) is 4.66. The predicted octanol–water partition coefficient (Wildman–Crippen LogP) is 3.45. The number of hydrogen-bond donors (Lipinski definition) is 1. The number of benzene rings is 2. The van der Waals surface area contributed by atoms with Gasteiger partial charge in [-0.3, -0.25) is 4.79 Å². The maximum absolute atomic E-state index is 12.8. The normalized spacial score (nSPS) is 16.2. The van der Waals surface area contributed by atoms with Crippen LogP contribution in [0, 0.1) is 0 Å². The van der Waals surface area contributed by atoms with Crippen molar-refractivity contribution in [3.63, 3.8) is 0 Å². The summed E-state index contributed by atoms with van der Waals surface area (Å²) in [6, 6.07) is 19.8. The highest BCUT2D eigenvalue weighted by Gasteiger charge is 2.34. The molecular formula is C24H27N5O3S. The van der Waals surface area contributed by atoms with Gasteiger partial charge in [0.15, 0.2) is 5.82 Å². The molecule has 172 valence electrons. The van der Waals surface area contributed by atoms with Crippen molar-refractivity contribution < 1.29 is 13.2 Å². The van der Waals surface area contributed by atoms with Gasteiger partial charge in [-0.2, -0.15) is 0 Å². The lowest BCUT2D eigenvalue weighted by atomic mass is 10.1. The number of rotatable bonds is 6. The Labute approximate surface area is 194 Å². The van der Waals surface area contributed by atoms with Gasteiger partial charge in [0, 0.05) is 33.4 Å². The average Bonchev–Trinajstić information content (AvgIpc) is 2.81. The van der Waals surface area contributed by atoms with E-state index in [9.17, 15) is 13.2 Å². The topological polar surface area (TPSA) is 85.8 Å². The molecule has 0 bridgehead atoms. The Balaban J connectivity index is 1.64. The Morgan fingerprint density at radius 1 is 1.00 bits per heavy atom. The molecule has 1 aliphatic heterocycles. The van der Waals surface area contributed by atoms with Crippen LogP contribution in [0.1, 0.15) is 12.5 Å². The van der Waals surface area contributed by atoms with Gasteiger partial charge in [0.1, 0.15) is 11.9 Å². The first kappa shape index (κ1) is 22.8. The first-order valence-electron chi connectivity index (χ1n) is 10.6. The van der Waals surface area contributed by atoms with Gasteiger partial charge in [0.05, 0.1) is 10.6 Å². The van der Waals surface area contributed by atoms with Gasteiger partial charge in [-0.1, -0.05) is 30.3 Å². The number of aromatic nitrogens is 1. The number of carbonyl (C=O) groups is 1. The van der Waals surface area contributed by atoms with Crippen molar-refractivity contribution in [2.24, 2.45) is 0 Å². The van der Waals surface area contributed by atoms with Gasteiger partial charge in [0.25, 0.3) is 0 Å². The predicted molar refractivity (Wildman–Crippen MR) is 130 cm³/mol. The highest BCUT2D eigenvalue weighted by molar-refractivity contribution is 7.89. The van der Waals surface area contributed by atoms with E-state index in [2.05, 4.69) is 5.32 Å². The zero-order valence-corrected chi connectivity index (χ0v) is 19.9. The summed E-state index contributed by atoms with van der Waals surface area (Å²) in [5, 5.41) is 3.24. The number of sulfonamides is 1. The molecule has 0 fully saturated rings. The zero-order valence-electron chi connectivity index (χ0n) is 19.1. The van der Waals surface area contributed by atoms with Crippen molar-refractivity contribution in [2.75, 3.05) is 36.3 Å². The minimum Gasteiger partial charge on any atom is -0.340 e. The minimum absolute atomic E-state index is 0.0126. The van der Waals surface area contributed by atoms with Crippen molar-refractivity contribution in [1.29, 1.82) is 0 Å². The summed E-state index contributed by atoms with van der Waals surface area (Å²) in [6.45, 7) is 2.44. The molecule has 3 aromatic rings. The highest BCUT2D eigenvalue weighted by atomic mass is 32.2. The fraction of sp³-hybridized carbons (Fsp3) is 0.250. The molecule has 2 aromatic carbocycles. The van der Waals surface area contributed by atoms with Crippen LogP contribution in [0.15, 0.2) is 71.6 Å². The second-order valence-corrected chi connectivity index (χ2v) is 10.3. The van der Waals surface area contributed by atoms with Gasteiger partial charge < -0.3 is 15.1 Å². The van der Waals surface area contributed by atoms with Crippen molar-refractivity contribution >= 4 is 38.9 Å². The Morgan fingerprint density at radius 2 is 1.67 bits per heavy atom. The minimum atomic E-state index is -3.49. The summed E-state index contributed by atoms with van der Waals surface area (Å²) in [5.41, 5.74) is 2.54. The summed E-state index contributed by atoms with van der Waals surface area (Å²) in [6.07, 6.45) is 0. The highest BCUT2D eigenvalue weighted by Crippen LogP contribution is 2.36. The van der Waals surface area contributed by atoms with Crippen molar-refractivity contribution in [3.05, 3.63) is 72.3 Å². The molecule has 8 nitrogen and oxygen atoms in total. The fourth-order valence-electron chi connectivity index (χ4n) is 3.76. The lowest BCUT2D eigenvalue weighted by Gasteiger charge is -2.39. The molecule has 1 atom stereocenters. The number of fused-ring (bicyclic) bond motifs is 1. The van der Waals surface area contributed by atoms with E-state index in [1.807, 2.05) is 54.3 Å². The van der Waals surface area contributed by atoms with E-state index < -0.39 is 10.0 Å². The molecule has 1 N–H and O–H groups in total. The van der Waals surface area contributed by atoms with Crippen LogP contribution >= 0.6 is 0 Å². The van der Waals surface area contributed by atoms with Crippen molar-refractivity contribution in [3.8, 4) is 0 Å². The second-order valence-electron chi connectivity index (χ2n) is 8.16. The second kappa shape index (κ2) is 8.84. The van der Waals surface area contributed by atoms with Crippen molar-refractivity contribution in [1.82, 2.24) is 9.29 Å². The van der Waals surface area contributed by atoms with E-state index in [1.165, 1.54) is 18.4 Å². The third-order valence-electron chi connectivity index (χ3n) is 5.74. The van der Waals surface area contributed by atoms with Crippen LogP contribution in [-0.4, -0.2) is 50.8 Å². The van der Waals surface area contributed by atoms with E-state index in [-0.39, 0.29) is 16.8 Å². The summed E-state index contributed by atoms with van der Waals surface area (Å²) in [7, 11) is 1.28. The summed E-state index contributed by atoms with van der Waals surface area (Å²) < 4.78 is 25.8. The van der Waals surface area contributed by atoms with Crippen LogP contribution in [0.2, 0.25) is 0 Å². The molecule has 0 aliphatic carbocycles. The lowest BCUT2D eigenvalue weighted by Crippen LogP contribution is -2.50. The molecule has 9 heteroatoms. The first-order chi connectivity index (χ1) is 15.7. The van der Waals surface area contributed by atoms with Gasteiger partial charge in [0.2, 0.25) is 15.9 Å². The number of amides is 1. The van der Waals surface area contributed by atoms with E-state index in [1.54, 1.807) is 36.2 Å². The number of likely N-dealkylation sites (N-methyl/N-ethyl adjacent to an activating group) is 1. The molecule has 0 spiro atoms. The van der Waals surface area contributed by atoms with Gasteiger partial charge in [-0.15, -0.1) is 0 Å². The van der Waals surface area contributed by atoms with Gasteiger partial charge >= 0.3 is 0 Å². The summed E-state index contributed by atoms with van der Waals surface area (Å²) in [5.74, 6) is 1.33. The molecule has 2 heterocycles. The summed E-state index contributed by atoms with van der Waals surface area (Å²) >= 11 is 0. The van der Waals surface area contributed by atoms with Crippen LogP contribution in [0.5, 0.6) is 0 Å². The first-order valence-corrected chi connectivity index (χ1v) is 12.0. The zero-order chi connectivity index (χ0) is 23.8. The Bertz CT molecular complexity index is 1260. The van der Waals surface area contributed by atoms with Crippen LogP contribution < -0.4 is 15.1 Å². The Hall–Kier alpha value is -3.43. The molecule has 33 heavy (non-hydrogen) atoms. The van der Waals surface area contributed by atoms with E-state index >= 15 is 0 Å². The monoisotopic (exact) mass is 465 g/mol. The molecule has 0 unspecified atom stereocenters. The summed E-state index contributed by atoms with van der Waals surface area (Å²) in [4.78, 5) is 21.5. The molecular weight excluding hydrogens is 438 g/mol. The molecule has 0 saturated carbocycles. The van der Waals surface area contributed by atoms with Crippen molar-refractivity contribution in [2.45, 2.75) is 24.4 Å². The lowest BCUT2D eigenvalue weighted by molar-refractivity contribution is -0.119. The number of pyridine rings is 1. The SMILES string of the molecule is C[C@@H]1C(=O)N(C)c2ccc(Nc3ccc(S(=O)(=O)N(C)C)cc3)nc2N1Cc1ccccc1. The van der Waals surface area contributed by atoms with Gasteiger partial charge in [-0.25, -0.2) is 17.7 Å². The number of nitrogens with one attached hydrogen (secondary N) is 1. The number of hydrogen-bond acceptors (Lipinski definition) is 6. The van der Waals surface area contributed by atoms with E-state index in [0.29, 0.717) is 23.9 Å². The smallest absolute Gasteiger partial charge is 0.249 e. The molecule has 1 amide bonds. The molecule has 1 aromatic heterocycles. The van der Waals surface area contributed by atoms with Crippen LogP contribution in [0.3, 0.4) is 0 Å². The maximum atomic E-state index is 12.8. The standard InChI is InChI=1S/C24H27N5O3S/c1-17-24(30)28(4)21-14-15-22(26-23(21)29(17)16-18-8-6-5-7-9-18)25-19-10-12-20(13-11-19)33(31,32)27(2)3/h5-15,17H,16H2,1-4H3,(H,25,26)/t17-/m1/s1. The maximum Gasteiger partial charge on any atom is 0.249 e. The third kappa shape index (κ3) is 4.42. The Morgan fingerprint density at radius 3 is 2.30 bits per heavy atom.